The summed E-state index contributed by atoms with van der Waals surface area (Å²) in [6, 6.07) is 13.8. The number of fused-ring (bicyclic) bond motifs is 1. The molecule has 0 fully saturated rings. The van der Waals surface area contributed by atoms with Gasteiger partial charge in [0.2, 0.25) is 0 Å². The van der Waals surface area contributed by atoms with Crippen molar-refractivity contribution in [2.75, 3.05) is 5.32 Å². The average Bonchev–Trinajstić information content (AvgIpc) is 3.26. The first kappa shape index (κ1) is 14.6. The van der Waals surface area contributed by atoms with Crippen LogP contribution < -0.4 is 5.32 Å². The van der Waals surface area contributed by atoms with Crippen molar-refractivity contribution in [1.82, 2.24) is 14.8 Å². The Morgan fingerprint density at radius 2 is 1.92 bits per heavy atom. The summed E-state index contributed by atoms with van der Waals surface area (Å²) in [6.45, 7) is 0.646. The normalized spacial score (nSPS) is 12.8. The number of carbonyl (C=O) groups is 1. The lowest BCUT2D eigenvalue weighted by atomic mass is 10.1. The summed E-state index contributed by atoms with van der Waals surface area (Å²) in [5.74, 6) is -0.0831. The molecule has 5 nitrogen and oxygen atoms in total. The van der Waals surface area contributed by atoms with E-state index in [-0.39, 0.29) is 5.91 Å². The van der Waals surface area contributed by atoms with E-state index in [0.717, 1.165) is 24.1 Å². The number of aryl methyl sites for hydroxylation is 2. The van der Waals surface area contributed by atoms with E-state index in [2.05, 4.69) is 27.5 Å². The topological polar surface area (TPSA) is 59.8 Å². The molecule has 1 aromatic heterocycles. The number of nitrogens with one attached hydrogen (secondary N) is 1. The highest BCUT2D eigenvalue weighted by atomic mass is 16.1. The van der Waals surface area contributed by atoms with E-state index in [1.807, 2.05) is 30.3 Å². The molecule has 5 heteroatoms. The van der Waals surface area contributed by atoms with Crippen LogP contribution in [0.3, 0.4) is 0 Å². The number of aromatic nitrogens is 3. The third-order valence-corrected chi connectivity index (χ3v) is 4.38. The second kappa shape index (κ2) is 6.28. The van der Waals surface area contributed by atoms with Crippen molar-refractivity contribution in [1.29, 1.82) is 0 Å². The second-order valence-corrected chi connectivity index (χ2v) is 6.08. The smallest absolute Gasteiger partial charge is 0.255 e. The van der Waals surface area contributed by atoms with E-state index in [4.69, 9.17) is 0 Å². The highest BCUT2D eigenvalue weighted by molar-refractivity contribution is 6.04. The maximum atomic E-state index is 12.4. The molecule has 0 spiro atoms. The lowest BCUT2D eigenvalue weighted by Gasteiger charge is -2.08. The van der Waals surface area contributed by atoms with Crippen LogP contribution >= 0.6 is 0 Å². The molecule has 1 N–H and O–H groups in total. The molecule has 0 unspecified atom stereocenters. The second-order valence-electron chi connectivity index (χ2n) is 6.08. The summed E-state index contributed by atoms with van der Waals surface area (Å²) in [5, 5.41) is 7.07. The van der Waals surface area contributed by atoms with Crippen LogP contribution in [0.15, 0.2) is 55.1 Å². The fourth-order valence-corrected chi connectivity index (χ4v) is 3.12. The average molecular weight is 318 g/mol. The summed E-state index contributed by atoms with van der Waals surface area (Å²) in [7, 11) is 0. The quantitative estimate of drug-likeness (QED) is 0.804. The monoisotopic (exact) mass is 318 g/mol. The Labute approximate surface area is 140 Å². The van der Waals surface area contributed by atoms with Gasteiger partial charge in [-0.15, -0.1) is 0 Å². The fourth-order valence-electron chi connectivity index (χ4n) is 3.12. The van der Waals surface area contributed by atoms with Gasteiger partial charge in [0.1, 0.15) is 12.7 Å². The Hall–Kier alpha value is -2.95. The summed E-state index contributed by atoms with van der Waals surface area (Å²) < 4.78 is 1.75. The molecule has 3 aromatic rings. The van der Waals surface area contributed by atoms with Gasteiger partial charge in [-0.1, -0.05) is 18.2 Å². The predicted octanol–water partition coefficient (Wildman–Crippen LogP) is 3.07. The third kappa shape index (κ3) is 3.06. The minimum Gasteiger partial charge on any atom is -0.322 e. The number of amides is 1. The standard InChI is InChI=1S/C19H18N4O/c24-19(22-18-9-8-15-2-1-3-17(15)10-18)16-6-4-14(5-7-16)11-23-13-20-12-21-23/h4-10,12-13H,1-3,11H2,(H,22,24). The van der Waals surface area contributed by atoms with Gasteiger partial charge in [0.15, 0.2) is 0 Å². The lowest BCUT2D eigenvalue weighted by Crippen LogP contribution is -2.12. The van der Waals surface area contributed by atoms with Crippen molar-refractivity contribution in [3.63, 3.8) is 0 Å². The largest absolute Gasteiger partial charge is 0.322 e. The minimum absolute atomic E-state index is 0.0831. The molecular weight excluding hydrogens is 300 g/mol. The molecule has 0 atom stereocenters. The molecule has 0 radical (unpaired) electrons. The van der Waals surface area contributed by atoms with Gasteiger partial charge in [0, 0.05) is 11.3 Å². The van der Waals surface area contributed by atoms with Crippen LogP contribution in [0, 0.1) is 0 Å². The molecule has 0 aliphatic heterocycles. The van der Waals surface area contributed by atoms with Gasteiger partial charge in [-0.25, -0.2) is 9.67 Å². The maximum absolute atomic E-state index is 12.4. The van der Waals surface area contributed by atoms with E-state index in [9.17, 15) is 4.79 Å². The van der Waals surface area contributed by atoms with Gasteiger partial charge in [-0.05, 0) is 60.2 Å². The minimum atomic E-state index is -0.0831. The number of anilines is 1. The van der Waals surface area contributed by atoms with Gasteiger partial charge >= 0.3 is 0 Å². The summed E-state index contributed by atoms with van der Waals surface area (Å²) >= 11 is 0. The highest BCUT2D eigenvalue weighted by Crippen LogP contribution is 2.25. The molecule has 120 valence electrons. The van der Waals surface area contributed by atoms with Gasteiger partial charge in [0.05, 0.1) is 6.54 Å². The van der Waals surface area contributed by atoms with E-state index >= 15 is 0 Å². The number of hydrogen-bond acceptors (Lipinski definition) is 3. The summed E-state index contributed by atoms with van der Waals surface area (Å²) in [4.78, 5) is 16.3. The molecule has 0 saturated heterocycles. The Morgan fingerprint density at radius 1 is 1.08 bits per heavy atom. The first-order valence-electron chi connectivity index (χ1n) is 8.12. The molecule has 1 amide bonds. The van der Waals surface area contributed by atoms with Gasteiger partial charge < -0.3 is 5.32 Å². The Morgan fingerprint density at radius 3 is 2.71 bits per heavy atom. The SMILES string of the molecule is O=C(Nc1ccc2c(c1)CCC2)c1ccc(Cn2cncn2)cc1. The first-order valence-corrected chi connectivity index (χ1v) is 8.12. The highest BCUT2D eigenvalue weighted by Gasteiger charge is 2.12. The summed E-state index contributed by atoms with van der Waals surface area (Å²) in [6.07, 6.45) is 6.65. The van der Waals surface area contributed by atoms with Crippen molar-refractivity contribution in [3.8, 4) is 0 Å². The van der Waals surface area contributed by atoms with Crippen LogP contribution in [-0.4, -0.2) is 20.7 Å². The number of nitrogens with zero attached hydrogens (tertiary/aromatic N) is 3. The Bertz CT molecular complexity index is 854. The van der Waals surface area contributed by atoms with Crippen LogP contribution in [0.2, 0.25) is 0 Å². The molecule has 24 heavy (non-hydrogen) atoms. The molecule has 1 aliphatic carbocycles. The fraction of sp³-hybridized carbons (Fsp3) is 0.211. The third-order valence-electron chi connectivity index (χ3n) is 4.38. The number of carbonyl (C=O) groups excluding carboxylic acids is 1. The summed E-state index contributed by atoms with van der Waals surface area (Å²) in [5.41, 5.74) is 5.36. The molecule has 1 aliphatic rings. The predicted molar refractivity (Wildman–Crippen MR) is 92.0 cm³/mol. The first-order chi connectivity index (χ1) is 11.8. The molecule has 4 rings (SSSR count). The maximum Gasteiger partial charge on any atom is 0.255 e. The van der Waals surface area contributed by atoms with Crippen molar-refractivity contribution < 1.29 is 4.79 Å². The Kier molecular flexibility index (Phi) is 3.83. The molecular formula is C19H18N4O. The van der Waals surface area contributed by atoms with E-state index in [0.29, 0.717) is 12.1 Å². The lowest BCUT2D eigenvalue weighted by molar-refractivity contribution is 0.102. The number of rotatable bonds is 4. The van der Waals surface area contributed by atoms with Crippen molar-refractivity contribution in [2.24, 2.45) is 0 Å². The van der Waals surface area contributed by atoms with Crippen LogP contribution in [0.25, 0.3) is 0 Å². The van der Waals surface area contributed by atoms with E-state index < -0.39 is 0 Å². The zero-order chi connectivity index (χ0) is 16.4. The molecule has 0 saturated carbocycles. The Balaban J connectivity index is 1.44. The molecule has 0 bridgehead atoms. The van der Waals surface area contributed by atoms with Crippen LogP contribution in [0.5, 0.6) is 0 Å². The molecule has 1 heterocycles. The van der Waals surface area contributed by atoms with Crippen LogP contribution in [-0.2, 0) is 19.4 Å². The van der Waals surface area contributed by atoms with E-state index in [1.165, 1.54) is 23.9 Å². The van der Waals surface area contributed by atoms with Gasteiger partial charge in [0.25, 0.3) is 5.91 Å². The van der Waals surface area contributed by atoms with Crippen molar-refractivity contribution in [2.45, 2.75) is 25.8 Å². The molecule has 2 aromatic carbocycles. The zero-order valence-electron chi connectivity index (χ0n) is 13.3. The van der Waals surface area contributed by atoms with E-state index in [1.54, 1.807) is 11.0 Å². The zero-order valence-corrected chi connectivity index (χ0v) is 13.3. The number of benzene rings is 2. The van der Waals surface area contributed by atoms with Crippen molar-refractivity contribution >= 4 is 11.6 Å². The number of hydrogen-bond donors (Lipinski definition) is 1. The van der Waals surface area contributed by atoms with Crippen LogP contribution in [0.1, 0.15) is 33.5 Å². The van der Waals surface area contributed by atoms with Crippen molar-refractivity contribution in [3.05, 3.63) is 77.4 Å². The van der Waals surface area contributed by atoms with Gasteiger partial charge in [-0.2, -0.15) is 5.10 Å². The van der Waals surface area contributed by atoms with Crippen LogP contribution in [0.4, 0.5) is 5.69 Å². The van der Waals surface area contributed by atoms with Gasteiger partial charge in [-0.3, -0.25) is 4.79 Å².